The summed E-state index contributed by atoms with van der Waals surface area (Å²) in [6.45, 7) is 0.987. The van der Waals surface area contributed by atoms with E-state index in [9.17, 15) is 0 Å². The highest BCUT2D eigenvalue weighted by Gasteiger charge is 2.45. The van der Waals surface area contributed by atoms with E-state index in [1.165, 1.54) is 0 Å². The summed E-state index contributed by atoms with van der Waals surface area (Å²) < 4.78 is 29.7. The van der Waals surface area contributed by atoms with Crippen LogP contribution in [-0.4, -0.2) is 38.3 Å². The molecule has 0 radical (unpaired) electrons. The normalized spacial score (nSPS) is 31.3. The maximum atomic E-state index is 6.24. The van der Waals surface area contributed by atoms with Crippen molar-refractivity contribution in [3.05, 3.63) is 71.8 Å². The highest BCUT2D eigenvalue weighted by molar-refractivity contribution is 5.17. The van der Waals surface area contributed by atoms with Gasteiger partial charge in [0.1, 0.15) is 12.2 Å². The molecule has 2 heterocycles. The number of hydrogen-bond donors (Lipinski definition) is 0. The topological polar surface area (TPSA) is 46.2 Å². The van der Waals surface area contributed by atoms with Crippen molar-refractivity contribution >= 4 is 0 Å². The van der Waals surface area contributed by atoms with Crippen molar-refractivity contribution in [2.75, 3.05) is 13.7 Å². The van der Waals surface area contributed by atoms with Crippen molar-refractivity contribution < 1.29 is 23.7 Å². The number of methoxy groups -OCH3 is 1. The molecule has 0 bridgehead atoms. The van der Waals surface area contributed by atoms with E-state index in [1.54, 1.807) is 7.11 Å². The molecule has 5 nitrogen and oxygen atoms in total. The Bertz CT molecular complexity index is 677. The summed E-state index contributed by atoms with van der Waals surface area (Å²) in [6, 6.07) is 20.1. The average molecular weight is 356 g/mol. The van der Waals surface area contributed by atoms with Crippen LogP contribution < -0.4 is 0 Å². The van der Waals surface area contributed by atoms with Crippen molar-refractivity contribution in [3.63, 3.8) is 0 Å². The lowest BCUT2D eigenvalue weighted by Gasteiger charge is -2.45. The highest BCUT2D eigenvalue weighted by atomic mass is 16.7. The summed E-state index contributed by atoms with van der Waals surface area (Å²) in [6.07, 6.45) is -0.584. The van der Waals surface area contributed by atoms with E-state index in [2.05, 4.69) is 12.1 Å². The summed E-state index contributed by atoms with van der Waals surface area (Å²) in [7, 11) is 1.65. The van der Waals surface area contributed by atoms with E-state index < -0.39 is 6.29 Å². The molecule has 4 rings (SSSR count). The fraction of sp³-hybridized carbons (Fsp3) is 0.429. The van der Waals surface area contributed by atoms with Gasteiger partial charge >= 0.3 is 0 Å². The molecule has 26 heavy (non-hydrogen) atoms. The standard InChI is InChI=1S/C21H24O5/c1-22-19-12-17(23-13-15-8-4-2-5-9-15)20-18(25-19)14-24-21(26-20)16-10-6-3-7-11-16/h2-11,17-21H,12-14H2,1H3/t17-,18-,19+,20+,21?/m1/s1. The van der Waals surface area contributed by atoms with E-state index in [0.717, 1.165) is 11.1 Å². The molecule has 2 aliphatic rings. The molecule has 0 aliphatic carbocycles. The summed E-state index contributed by atoms with van der Waals surface area (Å²) in [4.78, 5) is 0. The van der Waals surface area contributed by atoms with E-state index >= 15 is 0 Å². The third-order valence-corrected chi connectivity index (χ3v) is 4.82. The Morgan fingerprint density at radius 3 is 2.42 bits per heavy atom. The van der Waals surface area contributed by atoms with E-state index in [0.29, 0.717) is 19.6 Å². The Morgan fingerprint density at radius 1 is 0.962 bits per heavy atom. The van der Waals surface area contributed by atoms with Crippen molar-refractivity contribution in [2.45, 2.75) is 43.9 Å². The molecule has 1 unspecified atom stereocenters. The fourth-order valence-electron chi connectivity index (χ4n) is 3.44. The molecule has 2 saturated heterocycles. The number of benzene rings is 2. The predicted octanol–water partition coefficient (Wildman–Crippen LogP) is 3.45. The van der Waals surface area contributed by atoms with Gasteiger partial charge in [-0.3, -0.25) is 0 Å². The maximum Gasteiger partial charge on any atom is 0.184 e. The van der Waals surface area contributed by atoms with Crippen LogP contribution >= 0.6 is 0 Å². The summed E-state index contributed by atoms with van der Waals surface area (Å²) in [5.41, 5.74) is 2.14. The smallest absolute Gasteiger partial charge is 0.184 e. The monoisotopic (exact) mass is 356 g/mol. The van der Waals surface area contributed by atoms with E-state index in [4.69, 9.17) is 23.7 Å². The van der Waals surface area contributed by atoms with Gasteiger partial charge in [-0.2, -0.15) is 0 Å². The average Bonchev–Trinajstić information content (AvgIpc) is 2.72. The molecule has 0 N–H and O–H groups in total. The third kappa shape index (κ3) is 3.98. The lowest BCUT2D eigenvalue weighted by molar-refractivity contribution is -0.339. The van der Waals surface area contributed by atoms with Gasteiger partial charge in [0.05, 0.1) is 19.3 Å². The quantitative estimate of drug-likeness (QED) is 0.821. The highest BCUT2D eigenvalue weighted by Crippen LogP contribution is 2.35. The van der Waals surface area contributed by atoms with Crippen molar-refractivity contribution in [1.82, 2.24) is 0 Å². The molecule has 138 valence electrons. The number of rotatable bonds is 5. The zero-order valence-corrected chi connectivity index (χ0v) is 14.8. The van der Waals surface area contributed by atoms with Gasteiger partial charge in [0.2, 0.25) is 0 Å². The maximum absolute atomic E-state index is 6.24. The SMILES string of the molecule is CO[C@@H]1C[C@@H](OCc2ccccc2)[C@@H]2OC(c3ccccc3)OC[C@H]2O1. The number of hydrogen-bond acceptors (Lipinski definition) is 5. The van der Waals surface area contributed by atoms with Crippen LogP contribution in [0.15, 0.2) is 60.7 Å². The van der Waals surface area contributed by atoms with Gasteiger partial charge in [-0.05, 0) is 5.56 Å². The third-order valence-electron chi connectivity index (χ3n) is 4.82. The second kappa shape index (κ2) is 8.29. The lowest BCUT2D eigenvalue weighted by Crippen LogP contribution is -2.55. The Hall–Kier alpha value is -1.76. The summed E-state index contributed by atoms with van der Waals surface area (Å²) >= 11 is 0. The van der Waals surface area contributed by atoms with E-state index in [-0.39, 0.29) is 24.6 Å². The van der Waals surface area contributed by atoms with Crippen molar-refractivity contribution in [1.29, 1.82) is 0 Å². The van der Waals surface area contributed by atoms with Crippen LogP contribution in [0.4, 0.5) is 0 Å². The first-order valence-corrected chi connectivity index (χ1v) is 8.99. The molecule has 0 spiro atoms. The molecule has 2 aromatic rings. The van der Waals surface area contributed by atoms with Crippen LogP contribution in [0.3, 0.4) is 0 Å². The van der Waals surface area contributed by atoms with Gasteiger partial charge in [-0.25, -0.2) is 0 Å². The van der Waals surface area contributed by atoms with Crippen LogP contribution in [-0.2, 0) is 30.3 Å². The largest absolute Gasteiger partial charge is 0.371 e. The first kappa shape index (κ1) is 17.6. The number of ether oxygens (including phenoxy) is 5. The molecule has 0 saturated carbocycles. The molecular weight excluding hydrogens is 332 g/mol. The Labute approximate surface area is 153 Å². The Balaban J connectivity index is 1.47. The first-order valence-electron chi connectivity index (χ1n) is 8.99. The van der Waals surface area contributed by atoms with Gasteiger partial charge in [0.15, 0.2) is 12.6 Å². The minimum absolute atomic E-state index is 0.117. The fourth-order valence-corrected chi connectivity index (χ4v) is 3.44. The zero-order valence-electron chi connectivity index (χ0n) is 14.8. The summed E-state index contributed by atoms with van der Waals surface area (Å²) in [5.74, 6) is 0. The van der Waals surface area contributed by atoms with Gasteiger partial charge in [-0.1, -0.05) is 60.7 Å². The van der Waals surface area contributed by atoms with Gasteiger partial charge in [0, 0.05) is 19.1 Å². The zero-order chi connectivity index (χ0) is 17.8. The van der Waals surface area contributed by atoms with Crippen LogP contribution in [0.5, 0.6) is 0 Å². The van der Waals surface area contributed by atoms with E-state index in [1.807, 2.05) is 48.5 Å². The van der Waals surface area contributed by atoms with Crippen molar-refractivity contribution in [2.24, 2.45) is 0 Å². The second-order valence-electron chi connectivity index (χ2n) is 6.59. The molecule has 0 amide bonds. The van der Waals surface area contributed by atoms with Crippen LogP contribution in [0.25, 0.3) is 0 Å². The molecule has 0 aromatic heterocycles. The lowest BCUT2D eigenvalue weighted by atomic mass is 10.00. The molecule has 2 aliphatic heterocycles. The van der Waals surface area contributed by atoms with Crippen LogP contribution in [0, 0.1) is 0 Å². The predicted molar refractivity (Wildman–Crippen MR) is 95.3 cm³/mol. The number of fused-ring (bicyclic) bond motifs is 1. The molecular formula is C21H24O5. The van der Waals surface area contributed by atoms with Crippen molar-refractivity contribution in [3.8, 4) is 0 Å². The second-order valence-corrected chi connectivity index (χ2v) is 6.59. The molecule has 5 heteroatoms. The first-order chi connectivity index (χ1) is 12.8. The van der Waals surface area contributed by atoms with Crippen LogP contribution in [0.2, 0.25) is 0 Å². The Morgan fingerprint density at radius 2 is 1.69 bits per heavy atom. The minimum Gasteiger partial charge on any atom is -0.371 e. The van der Waals surface area contributed by atoms with Crippen LogP contribution in [0.1, 0.15) is 23.8 Å². The van der Waals surface area contributed by atoms with Gasteiger partial charge in [-0.15, -0.1) is 0 Å². The Kier molecular flexibility index (Phi) is 5.62. The minimum atomic E-state index is -0.400. The van der Waals surface area contributed by atoms with Gasteiger partial charge in [0.25, 0.3) is 0 Å². The van der Waals surface area contributed by atoms with Gasteiger partial charge < -0.3 is 23.7 Å². The molecule has 5 atom stereocenters. The molecule has 2 fully saturated rings. The molecule has 2 aromatic carbocycles. The summed E-state index contributed by atoms with van der Waals surface area (Å²) in [5, 5.41) is 0.